The van der Waals surface area contributed by atoms with E-state index in [-0.39, 0.29) is 11.4 Å². The fourth-order valence-corrected chi connectivity index (χ4v) is 4.13. The van der Waals surface area contributed by atoms with E-state index in [1.54, 1.807) is 6.07 Å². The second kappa shape index (κ2) is 6.91. The highest BCUT2D eigenvalue weighted by molar-refractivity contribution is 5.58. The van der Waals surface area contributed by atoms with Gasteiger partial charge in [0.1, 0.15) is 5.82 Å². The lowest BCUT2D eigenvalue weighted by molar-refractivity contribution is 0.233. The van der Waals surface area contributed by atoms with Crippen LogP contribution in [0, 0.1) is 18.2 Å². The SMILES string of the molecule is CC1[CH]C(C)(Nc2ccc(N3CCN(C)C(C)C3)c(F)c2)CCC1. The number of nitrogens with zero attached hydrogens (tertiary/aromatic N) is 2. The highest BCUT2D eigenvalue weighted by Crippen LogP contribution is 2.34. The average Bonchev–Trinajstić information content (AvgIpc) is 2.50. The summed E-state index contributed by atoms with van der Waals surface area (Å²) in [7, 11) is 2.13. The fraction of sp³-hybridized carbons (Fsp3) is 0.650. The summed E-state index contributed by atoms with van der Waals surface area (Å²) >= 11 is 0. The lowest BCUT2D eigenvalue weighted by atomic mass is 9.77. The molecule has 2 fully saturated rings. The van der Waals surface area contributed by atoms with Crippen LogP contribution in [0.15, 0.2) is 18.2 Å². The van der Waals surface area contributed by atoms with Gasteiger partial charge in [0.05, 0.1) is 5.69 Å². The van der Waals surface area contributed by atoms with E-state index < -0.39 is 0 Å². The molecular formula is C20H31FN3. The third-order valence-corrected chi connectivity index (χ3v) is 5.69. The molecule has 1 aliphatic carbocycles. The predicted molar refractivity (Wildman–Crippen MR) is 100 cm³/mol. The minimum absolute atomic E-state index is 0.0338. The summed E-state index contributed by atoms with van der Waals surface area (Å²) in [5, 5.41) is 3.55. The van der Waals surface area contributed by atoms with Crippen LogP contribution in [0.3, 0.4) is 0 Å². The normalized spacial score (nSPS) is 32.0. The van der Waals surface area contributed by atoms with Crippen LogP contribution >= 0.6 is 0 Å². The Labute approximate surface area is 146 Å². The van der Waals surface area contributed by atoms with E-state index in [9.17, 15) is 4.39 Å². The highest BCUT2D eigenvalue weighted by atomic mass is 19.1. The summed E-state index contributed by atoms with van der Waals surface area (Å²) in [5.41, 5.74) is 1.58. The zero-order valence-corrected chi connectivity index (χ0v) is 15.5. The van der Waals surface area contributed by atoms with Crippen LogP contribution in [0.4, 0.5) is 15.8 Å². The molecule has 1 saturated heterocycles. The molecular weight excluding hydrogens is 301 g/mol. The van der Waals surface area contributed by atoms with Gasteiger partial charge in [0.15, 0.2) is 0 Å². The first-order valence-corrected chi connectivity index (χ1v) is 9.25. The zero-order chi connectivity index (χ0) is 17.3. The number of benzene rings is 1. The van der Waals surface area contributed by atoms with E-state index in [1.165, 1.54) is 12.8 Å². The first-order valence-electron chi connectivity index (χ1n) is 9.25. The first-order chi connectivity index (χ1) is 11.4. The van der Waals surface area contributed by atoms with Gasteiger partial charge in [-0.2, -0.15) is 0 Å². The van der Waals surface area contributed by atoms with Crippen molar-refractivity contribution in [3.8, 4) is 0 Å². The molecule has 0 bridgehead atoms. The van der Waals surface area contributed by atoms with Gasteiger partial charge in [-0.1, -0.05) is 19.8 Å². The van der Waals surface area contributed by atoms with E-state index in [0.29, 0.717) is 12.0 Å². The van der Waals surface area contributed by atoms with Crippen LogP contribution in [0.5, 0.6) is 0 Å². The standard InChI is InChI=1S/C20H31FN3/c1-15-6-5-9-20(3,13-15)22-17-7-8-19(18(21)12-17)24-11-10-23(4)16(2)14-24/h7-8,12-13,15-16,22H,5-6,9-11,14H2,1-4H3. The Hall–Kier alpha value is -1.29. The van der Waals surface area contributed by atoms with Crippen molar-refractivity contribution in [2.75, 3.05) is 36.9 Å². The van der Waals surface area contributed by atoms with Gasteiger partial charge in [0.25, 0.3) is 0 Å². The van der Waals surface area contributed by atoms with Crippen molar-refractivity contribution in [1.29, 1.82) is 0 Å². The number of hydrogen-bond acceptors (Lipinski definition) is 3. The Morgan fingerprint density at radius 2 is 2.04 bits per heavy atom. The van der Waals surface area contributed by atoms with E-state index in [1.807, 2.05) is 12.1 Å². The van der Waals surface area contributed by atoms with Crippen molar-refractivity contribution >= 4 is 11.4 Å². The van der Waals surface area contributed by atoms with E-state index in [0.717, 1.165) is 37.4 Å². The molecule has 1 heterocycles. The van der Waals surface area contributed by atoms with Gasteiger partial charge in [0, 0.05) is 36.9 Å². The second-order valence-electron chi connectivity index (χ2n) is 8.02. The molecule has 3 atom stereocenters. The molecule has 133 valence electrons. The van der Waals surface area contributed by atoms with Gasteiger partial charge in [-0.05, 0) is 57.9 Å². The summed E-state index contributed by atoms with van der Waals surface area (Å²) in [6.07, 6.45) is 5.97. The number of anilines is 2. The van der Waals surface area contributed by atoms with Gasteiger partial charge < -0.3 is 15.1 Å². The smallest absolute Gasteiger partial charge is 0.148 e. The molecule has 3 nitrogen and oxygen atoms in total. The summed E-state index contributed by atoms with van der Waals surface area (Å²) in [6, 6.07) is 6.08. The van der Waals surface area contributed by atoms with Crippen molar-refractivity contribution in [3.05, 3.63) is 30.4 Å². The average molecular weight is 332 g/mol. The minimum atomic E-state index is -0.121. The van der Waals surface area contributed by atoms with Gasteiger partial charge in [-0.25, -0.2) is 4.39 Å². The Bertz CT molecular complexity index is 576. The quantitative estimate of drug-likeness (QED) is 0.896. The summed E-state index contributed by atoms with van der Waals surface area (Å²) in [6.45, 7) is 9.41. The Morgan fingerprint density at radius 3 is 2.71 bits per heavy atom. The van der Waals surface area contributed by atoms with Crippen LogP contribution in [0.1, 0.15) is 40.0 Å². The largest absolute Gasteiger partial charge is 0.379 e. The molecule has 4 heteroatoms. The lowest BCUT2D eigenvalue weighted by Crippen LogP contribution is -2.50. The van der Waals surface area contributed by atoms with Gasteiger partial charge in [-0.15, -0.1) is 0 Å². The molecule has 1 aromatic rings. The zero-order valence-electron chi connectivity index (χ0n) is 15.5. The molecule has 1 aliphatic heterocycles. The molecule has 3 rings (SSSR count). The van der Waals surface area contributed by atoms with Crippen LogP contribution in [0.2, 0.25) is 0 Å². The molecule has 24 heavy (non-hydrogen) atoms. The van der Waals surface area contributed by atoms with Crippen molar-refractivity contribution in [3.63, 3.8) is 0 Å². The van der Waals surface area contributed by atoms with Crippen LogP contribution in [-0.2, 0) is 0 Å². The van der Waals surface area contributed by atoms with Crippen molar-refractivity contribution in [2.24, 2.45) is 5.92 Å². The third-order valence-electron chi connectivity index (χ3n) is 5.69. The van der Waals surface area contributed by atoms with E-state index >= 15 is 0 Å². The van der Waals surface area contributed by atoms with E-state index in [2.05, 4.69) is 49.4 Å². The van der Waals surface area contributed by atoms with Gasteiger partial charge in [0.2, 0.25) is 0 Å². The summed E-state index contributed by atoms with van der Waals surface area (Å²) in [4.78, 5) is 4.49. The maximum Gasteiger partial charge on any atom is 0.148 e. The van der Waals surface area contributed by atoms with Crippen LogP contribution < -0.4 is 10.2 Å². The summed E-state index contributed by atoms with van der Waals surface area (Å²) in [5.74, 6) is 0.497. The Balaban J connectivity index is 1.71. The number of halogens is 1. The Kier molecular flexibility index (Phi) is 5.05. The van der Waals surface area contributed by atoms with Crippen LogP contribution in [0.25, 0.3) is 0 Å². The molecule has 0 spiro atoms. The highest BCUT2D eigenvalue weighted by Gasteiger charge is 2.31. The topological polar surface area (TPSA) is 18.5 Å². The second-order valence-corrected chi connectivity index (χ2v) is 8.02. The molecule has 1 N–H and O–H groups in total. The van der Waals surface area contributed by atoms with Crippen molar-refractivity contribution in [1.82, 2.24) is 4.90 Å². The number of hydrogen-bond donors (Lipinski definition) is 1. The Morgan fingerprint density at radius 1 is 1.25 bits per heavy atom. The maximum absolute atomic E-state index is 14.7. The van der Waals surface area contributed by atoms with Gasteiger partial charge in [-0.3, -0.25) is 0 Å². The molecule has 0 aromatic heterocycles. The molecule has 1 radical (unpaired) electrons. The number of likely N-dealkylation sites (N-methyl/N-ethyl adjacent to an activating group) is 1. The van der Waals surface area contributed by atoms with Crippen molar-refractivity contribution in [2.45, 2.75) is 51.6 Å². The third kappa shape index (κ3) is 3.85. The molecule has 1 saturated carbocycles. The number of nitrogens with one attached hydrogen (secondary N) is 1. The fourth-order valence-electron chi connectivity index (χ4n) is 4.13. The van der Waals surface area contributed by atoms with Gasteiger partial charge >= 0.3 is 0 Å². The first kappa shape index (κ1) is 17.5. The molecule has 1 aromatic carbocycles. The number of piperazine rings is 1. The molecule has 2 aliphatic rings. The van der Waals surface area contributed by atoms with Crippen molar-refractivity contribution < 1.29 is 4.39 Å². The van der Waals surface area contributed by atoms with Crippen LogP contribution in [-0.4, -0.2) is 43.2 Å². The monoisotopic (exact) mass is 332 g/mol. The maximum atomic E-state index is 14.7. The number of rotatable bonds is 3. The summed E-state index contributed by atoms with van der Waals surface area (Å²) < 4.78 is 14.7. The lowest BCUT2D eigenvalue weighted by Gasteiger charge is -2.40. The molecule has 0 amide bonds. The predicted octanol–water partition coefficient (Wildman–Crippen LogP) is 4.16. The van der Waals surface area contributed by atoms with E-state index in [4.69, 9.17) is 0 Å². The molecule has 3 unspecified atom stereocenters. The minimum Gasteiger partial charge on any atom is -0.379 e.